The fraction of sp³-hybridized carbons (Fsp3) is 0.444. The molecular weight excluding hydrogens is 396 g/mol. The van der Waals surface area contributed by atoms with Crippen LogP contribution in [0.2, 0.25) is 0 Å². The summed E-state index contributed by atoms with van der Waals surface area (Å²) in [6.07, 6.45) is 2.06. The summed E-state index contributed by atoms with van der Waals surface area (Å²) in [5.41, 5.74) is 7.57. The van der Waals surface area contributed by atoms with Gasteiger partial charge in [0.05, 0.1) is 5.69 Å². The van der Waals surface area contributed by atoms with Gasteiger partial charge >= 0.3 is 0 Å². The minimum absolute atomic E-state index is 0. The van der Waals surface area contributed by atoms with E-state index >= 15 is 0 Å². The molecule has 2 atom stereocenters. The van der Waals surface area contributed by atoms with Gasteiger partial charge in [0.25, 0.3) is 5.91 Å². The standard InChI is InChI=1S/C18H22FN3OS.2ClH/c1-11(20)14-4-3-9-22(10-14)18(23)16-12(2)21-17(24-16)13-5-7-15(19)8-6-13;;/h5-8,11,14H,3-4,9-10,20H2,1-2H3;2*1H. The lowest BCUT2D eigenvalue weighted by molar-refractivity contribution is 0.0665. The van der Waals surface area contributed by atoms with Gasteiger partial charge in [-0.3, -0.25) is 4.79 Å². The van der Waals surface area contributed by atoms with Crippen LogP contribution in [0.3, 0.4) is 0 Å². The minimum Gasteiger partial charge on any atom is -0.338 e. The average Bonchev–Trinajstić information content (AvgIpc) is 2.96. The second-order valence-electron chi connectivity index (χ2n) is 6.45. The van der Waals surface area contributed by atoms with Crippen LogP contribution in [0.4, 0.5) is 4.39 Å². The Bertz CT molecular complexity index is 737. The summed E-state index contributed by atoms with van der Waals surface area (Å²) in [6, 6.07) is 6.29. The SMILES string of the molecule is Cc1nc(-c2ccc(F)cc2)sc1C(=O)N1CCCC(C(C)N)C1.Cl.Cl. The van der Waals surface area contributed by atoms with Crippen LogP contribution in [0.1, 0.15) is 35.1 Å². The van der Waals surface area contributed by atoms with E-state index in [1.807, 2.05) is 18.7 Å². The number of likely N-dealkylation sites (tertiary alicyclic amines) is 1. The third-order valence-corrected chi connectivity index (χ3v) is 5.77. The number of rotatable bonds is 3. The molecule has 1 aliphatic rings. The fourth-order valence-corrected chi connectivity index (χ4v) is 4.12. The molecule has 0 saturated carbocycles. The number of amides is 1. The first-order valence-corrected chi connectivity index (χ1v) is 9.05. The molecule has 2 heterocycles. The quantitative estimate of drug-likeness (QED) is 0.806. The zero-order chi connectivity index (χ0) is 17.3. The second-order valence-corrected chi connectivity index (χ2v) is 7.45. The smallest absolute Gasteiger partial charge is 0.265 e. The Morgan fingerprint density at radius 2 is 2.00 bits per heavy atom. The number of aryl methyl sites for hydroxylation is 1. The molecule has 0 aliphatic carbocycles. The molecule has 1 aliphatic heterocycles. The number of piperidine rings is 1. The monoisotopic (exact) mass is 419 g/mol. The fourth-order valence-electron chi connectivity index (χ4n) is 3.08. The lowest BCUT2D eigenvalue weighted by atomic mass is 9.92. The first kappa shape index (κ1) is 22.8. The van der Waals surface area contributed by atoms with E-state index in [-0.39, 0.29) is 42.6 Å². The van der Waals surface area contributed by atoms with Gasteiger partial charge in [0.2, 0.25) is 0 Å². The van der Waals surface area contributed by atoms with Crippen molar-refractivity contribution in [2.75, 3.05) is 13.1 Å². The van der Waals surface area contributed by atoms with E-state index in [2.05, 4.69) is 4.98 Å². The molecule has 2 aromatic rings. The molecular formula is C18H24Cl2FN3OS. The van der Waals surface area contributed by atoms with E-state index in [9.17, 15) is 9.18 Å². The number of thiazole rings is 1. The van der Waals surface area contributed by atoms with Crippen LogP contribution in [0.15, 0.2) is 24.3 Å². The van der Waals surface area contributed by atoms with Crippen LogP contribution < -0.4 is 5.73 Å². The second kappa shape index (κ2) is 9.65. The molecule has 26 heavy (non-hydrogen) atoms. The highest BCUT2D eigenvalue weighted by Gasteiger charge is 2.28. The van der Waals surface area contributed by atoms with Gasteiger partial charge in [-0.25, -0.2) is 9.37 Å². The van der Waals surface area contributed by atoms with Crippen LogP contribution in [-0.4, -0.2) is 34.9 Å². The van der Waals surface area contributed by atoms with Crippen LogP contribution >= 0.6 is 36.2 Å². The molecule has 1 saturated heterocycles. The molecule has 1 amide bonds. The Hall–Kier alpha value is -1.21. The van der Waals surface area contributed by atoms with Crippen molar-refractivity contribution in [3.63, 3.8) is 0 Å². The molecule has 144 valence electrons. The van der Waals surface area contributed by atoms with Crippen molar-refractivity contribution >= 4 is 42.1 Å². The van der Waals surface area contributed by atoms with Crippen molar-refractivity contribution in [3.8, 4) is 10.6 Å². The molecule has 0 radical (unpaired) electrons. The number of nitrogens with two attached hydrogens (primary N) is 1. The highest BCUT2D eigenvalue weighted by Crippen LogP contribution is 2.30. The number of carbonyl (C=O) groups is 1. The highest BCUT2D eigenvalue weighted by atomic mass is 35.5. The Balaban J connectivity index is 0.00000169. The van der Waals surface area contributed by atoms with Gasteiger partial charge in [-0.05, 0) is 56.9 Å². The van der Waals surface area contributed by atoms with E-state index < -0.39 is 0 Å². The molecule has 3 rings (SSSR count). The van der Waals surface area contributed by atoms with Gasteiger partial charge in [-0.1, -0.05) is 0 Å². The normalized spacial score (nSPS) is 17.8. The summed E-state index contributed by atoms with van der Waals surface area (Å²) in [6.45, 7) is 5.33. The highest BCUT2D eigenvalue weighted by molar-refractivity contribution is 7.17. The van der Waals surface area contributed by atoms with E-state index in [0.717, 1.165) is 35.7 Å². The van der Waals surface area contributed by atoms with Crippen LogP contribution in [0.25, 0.3) is 10.6 Å². The van der Waals surface area contributed by atoms with Crippen molar-refractivity contribution < 1.29 is 9.18 Å². The summed E-state index contributed by atoms with van der Waals surface area (Å²) >= 11 is 1.37. The zero-order valence-electron chi connectivity index (χ0n) is 14.8. The Labute approximate surface area is 169 Å². The average molecular weight is 420 g/mol. The van der Waals surface area contributed by atoms with E-state index in [1.165, 1.54) is 23.5 Å². The van der Waals surface area contributed by atoms with Crippen LogP contribution in [-0.2, 0) is 0 Å². The molecule has 1 fully saturated rings. The van der Waals surface area contributed by atoms with Gasteiger partial charge in [0, 0.05) is 24.7 Å². The Kier molecular flexibility index (Phi) is 8.47. The topological polar surface area (TPSA) is 59.2 Å². The van der Waals surface area contributed by atoms with Gasteiger partial charge in [0.1, 0.15) is 15.7 Å². The van der Waals surface area contributed by atoms with Gasteiger partial charge in [0.15, 0.2) is 0 Å². The lowest BCUT2D eigenvalue weighted by Gasteiger charge is -2.34. The van der Waals surface area contributed by atoms with Crippen molar-refractivity contribution in [1.29, 1.82) is 0 Å². The number of aromatic nitrogens is 1. The summed E-state index contributed by atoms with van der Waals surface area (Å²) < 4.78 is 13.1. The van der Waals surface area contributed by atoms with Gasteiger partial charge in [-0.2, -0.15) is 0 Å². The van der Waals surface area contributed by atoms with Crippen LogP contribution in [0.5, 0.6) is 0 Å². The first-order valence-electron chi connectivity index (χ1n) is 8.24. The summed E-state index contributed by atoms with van der Waals surface area (Å²) in [7, 11) is 0. The molecule has 2 N–H and O–H groups in total. The van der Waals surface area contributed by atoms with E-state index in [4.69, 9.17) is 5.73 Å². The maximum absolute atomic E-state index is 13.1. The van der Waals surface area contributed by atoms with Gasteiger partial charge in [-0.15, -0.1) is 36.2 Å². The first-order chi connectivity index (χ1) is 11.5. The predicted octanol–water partition coefficient (Wildman–Crippen LogP) is 4.30. The van der Waals surface area contributed by atoms with Crippen molar-refractivity contribution in [1.82, 2.24) is 9.88 Å². The van der Waals surface area contributed by atoms with E-state index in [0.29, 0.717) is 17.3 Å². The molecule has 2 unspecified atom stereocenters. The van der Waals surface area contributed by atoms with Crippen molar-refractivity contribution in [2.45, 2.75) is 32.7 Å². The third-order valence-electron chi connectivity index (χ3n) is 4.57. The maximum Gasteiger partial charge on any atom is 0.265 e. The van der Waals surface area contributed by atoms with Crippen molar-refractivity contribution in [3.05, 3.63) is 40.7 Å². The number of nitrogens with zero attached hydrogens (tertiary/aromatic N) is 2. The Morgan fingerprint density at radius 3 is 2.62 bits per heavy atom. The predicted molar refractivity (Wildman–Crippen MR) is 109 cm³/mol. The Morgan fingerprint density at radius 1 is 1.35 bits per heavy atom. The largest absolute Gasteiger partial charge is 0.338 e. The third kappa shape index (κ3) is 4.94. The molecule has 0 bridgehead atoms. The minimum atomic E-state index is -0.279. The maximum atomic E-state index is 13.1. The van der Waals surface area contributed by atoms with Crippen molar-refractivity contribution in [2.24, 2.45) is 11.7 Å². The van der Waals surface area contributed by atoms with E-state index in [1.54, 1.807) is 12.1 Å². The molecule has 1 aromatic carbocycles. The number of benzene rings is 1. The molecule has 8 heteroatoms. The summed E-state index contributed by atoms with van der Waals surface area (Å²) in [4.78, 5) is 19.9. The number of halogens is 3. The number of hydrogen-bond acceptors (Lipinski definition) is 4. The number of hydrogen-bond donors (Lipinski definition) is 1. The summed E-state index contributed by atoms with van der Waals surface area (Å²) in [5.74, 6) is 0.106. The number of carbonyl (C=O) groups excluding carboxylic acids is 1. The molecule has 0 spiro atoms. The van der Waals surface area contributed by atoms with Crippen LogP contribution in [0, 0.1) is 18.7 Å². The summed E-state index contributed by atoms with van der Waals surface area (Å²) in [5, 5.41) is 0.747. The van der Waals surface area contributed by atoms with Gasteiger partial charge < -0.3 is 10.6 Å². The molecule has 4 nitrogen and oxygen atoms in total. The molecule has 1 aromatic heterocycles. The lowest BCUT2D eigenvalue weighted by Crippen LogP contribution is -2.45. The zero-order valence-corrected chi connectivity index (χ0v) is 17.2.